The van der Waals surface area contributed by atoms with Crippen LogP contribution in [0.3, 0.4) is 0 Å². The van der Waals surface area contributed by atoms with Crippen LogP contribution >= 0.6 is 19.3 Å². The van der Waals surface area contributed by atoms with E-state index in [2.05, 4.69) is 10.1 Å². The Bertz CT molecular complexity index is 1430. The Hall–Kier alpha value is -3.25. The number of ether oxygens (including phenoxy) is 2. The number of nitrogen functional groups attached to an aromatic ring is 1. The molecule has 0 bridgehead atoms. The number of carboxylic acids is 1. The average molecular weight is 703 g/mol. The van der Waals surface area contributed by atoms with E-state index in [1.807, 2.05) is 6.92 Å². The molecule has 1 aliphatic heterocycles. The fourth-order valence-electron chi connectivity index (χ4n) is 3.95. The number of aliphatic carboxylic acids is 1. The molecule has 258 valence electrons. The summed E-state index contributed by atoms with van der Waals surface area (Å²) in [6.45, 7) is 4.43. The lowest BCUT2D eigenvalue weighted by Gasteiger charge is -2.27. The monoisotopic (exact) mass is 702 g/mol. The minimum absolute atomic E-state index is 0.0279. The molecule has 46 heavy (non-hydrogen) atoms. The fourth-order valence-corrected chi connectivity index (χ4v) is 5.62. The van der Waals surface area contributed by atoms with Gasteiger partial charge in [0.1, 0.15) is 35.4 Å². The Labute approximate surface area is 266 Å². The first-order valence-electron chi connectivity index (χ1n) is 13.7. The van der Waals surface area contributed by atoms with E-state index in [-0.39, 0.29) is 18.2 Å². The van der Waals surface area contributed by atoms with E-state index in [9.17, 15) is 37.5 Å². The second-order valence-corrected chi connectivity index (χ2v) is 12.1. The second-order valence-electron chi connectivity index (χ2n) is 9.96. The van der Waals surface area contributed by atoms with Gasteiger partial charge in [-0.25, -0.2) is 14.2 Å². The van der Waals surface area contributed by atoms with Gasteiger partial charge in [0, 0.05) is 11.2 Å². The van der Waals surface area contributed by atoms with Crippen LogP contribution in [0.1, 0.15) is 46.3 Å². The van der Waals surface area contributed by atoms with Crippen molar-refractivity contribution in [3.05, 3.63) is 52.0 Å². The topological polar surface area (TPSA) is 222 Å². The largest absolute Gasteiger partial charge is 0.490 e. The summed E-state index contributed by atoms with van der Waals surface area (Å²) in [5.41, 5.74) is 2.77. The van der Waals surface area contributed by atoms with Crippen LogP contribution in [-0.2, 0) is 28.2 Å². The van der Waals surface area contributed by atoms with Crippen molar-refractivity contribution in [1.29, 1.82) is 0 Å². The lowest BCUT2D eigenvalue weighted by atomic mass is 9.96. The van der Waals surface area contributed by atoms with Gasteiger partial charge in [-0.3, -0.25) is 13.9 Å². The summed E-state index contributed by atoms with van der Waals surface area (Å²) >= 11 is 5.94. The summed E-state index contributed by atoms with van der Waals surface area (Å²) in [5.74, 6) is -3.29. The third-order valence-electron chi connectivity index (χ3n) is 6.28. The molecule has 0 aliphatic carbocycles. The van der Waals surface area contributed by atoms with Crippen LogP contribution in [0.15, 0.2) is 41.3 Å². The molecular formula is C26H35ClF3N4O11P. The van der Waals surface area contributed by atoms with Crippen molar-refractivity contribution in [3.63, 3.8) is 0 Å². The molecule has 0 saturated carbocycles. The number of anilines is 1. The summed E-state index contributed by atoms with van der Waals surface area (Å²) in [4.78, 5) is 37.4. The van der Waals surface area contributed by atoms with E-state index in [4.69, 9.17) is 45.8 Å². The highest BCUT2D eigenvalue weighted by Crippen LogP contribution is 2.47. The highest BCUT2D eigenvalue weighted by Gasteiger charge is 2.54. The number of alkyl halides is 3. The number of carboxylic acid groups (broad SMARTS) is 1. The molecule has 0 radical (unpaired) electrons. The molecule has 3 rings (SSSR count). The number of aromatic nitrogens is 2. The van der Waals surface area contributed by atoms with Crippen LogP contribution in [-0.4, -0.2) is 80.1 Å². The number of benzene rings is 1. The van der Waals surface area contributed by atoms with E-state index < -0.39 is 68.2 Å². The highest BCUT2D eigenvalue weighted by atomic mass is 35.5. The molecule has 1 aromatic heterocycles. The number of unbranched alkanes of at least 4 members (excludes halogenated alkanes) is 1. The number of nitrogens with one attached hydrogen (secondary N) is 1. The first kappa shape index (κ1) is 38.9. The Kier molecular flexibility index (Phi) is 14.0. The van der Waals surface area contributed by atoms with Crippen molar-refractivity contribution in [1.82, 2.24) is 14.6 Å². The number of hydrogen-bond acceptors (Lipinski definition) is 12. The van der Waals surface area contributed by atoms with E-state index in [1.54, 1.807) is 6.92 Å². The molecule has 1 unspecified atom stereocenters. The van der Waals surface area contributed by atoms with Crippen LogP contribution in [0, 0.1) is 0 Å². The summed E-state index contributed by atoms with van der Waals surface area (Å²) < 4.78 is 68.8. The molecule has 6 N–H and O–H groups in total. The smallest absolute Gasteiger partial charge is 0.475 e. The zero-order valence-electron chi connectivity index (χ0n) is 24.8. The Morgan fingerprint density at radius 2 is 1.87 bits per heavy atom. The Morgan fingerprint density at radius 3 is 2.39 bits per heavy atom. The number of carbonyl (C=O) groups is 2. The van der Waals surface area contributed by atoms with Crippen molar-refractivity contribution < 1.29 is 61.2 Å². The molecule has 15 nitrogen and oxygen atoms in total. The van der Waals surface area contributed by atoms with Gasteiger partial charge < -0.3 is 35.1 Å². The van der Waals surface area contributed by atoms with Gasteiger partial charge in [-0.2, -0.15) is 23.2 Å². The van der Waals surface area contributed by atoms with Crippen molar-refractivity contribution >= 4 is 37.1 Å². The van der Waals surface area contributed by atoms with Crippen LogP contribution in [0.4, 0.5) is 19.0 Å². The molecular weight excluding hydrogens is 668 g/mol. The quantitative estimate of drug-likeness (QED) is 0.150. The van der Waals surface area contributed by atoms with Crippen molar-refractivity contribution in [2.75, 3.05) is 18.9 Å². The minimum atomic E-state index is -5.08. The van der Waals surface area contributed by atoms with E-state index in [0.717, 1.165) is 11.0 Å². The van der Waals surface area contributed by atoms with E-state index in [0.29, 0.717) is 17.9 Å². The van der Waals surface area contributed by atoms with Gasteiger partial charge in [-0.1, -0.05) is 31.4 Å². The van der Waals surface area contributed by atoms with E-state index >= 15 is 0 Å². The number of carbonyl (C=O) groups excluding carboxylic acids is 1. The number of aliphatic hydroxyl groups is 2. The van der Waals surface area contributed by atoms with Gasteiger partial charge >= 0.3 is 31.6 Å². The molecule has 1 saturated heterocycles. The maximum absolute atomic E-state index is 13.9. The number of halogens is 4. The molecule has 6 atom stereocenters. The van der Waals surface area contributed by atoms with Crippen LogP contribution in [0.5, 0.6) is 5.75 Å². The van der Waals surface area contributed by atoms with Crippen LogP contribution in [0.2, 0.25) is 5.02 Å². The first-order chi connectivity index (χ1) is 21.3. The molecule has 2 heterocycles. The summed E-state index contributed by atoms with van der Waals surface area (Å²) in [5, 5.41) is 32.0. The zero-order valence-corrected chi connectivity index (χ0v) is 26.5. The van der Waals surface area contributed by atoms with Crippen molar-refractivity contribution in [2.24, 2.45) is 0 Å². The standard InChI is InChI=1S/C24H34ClN4O9P.C2HF3O2/c1-4-6-7-17(21(31)35-5-2)28-39(34,38-16-10-8-15(25)9-11-16)36-14-18-20(30)24(3,33)22(37-18)29-13-12-19(26)27-23(29)32;3-2(4,5)1(6)7/h8-13,17-18,20,22,30,33H,4-7,14H2,1-3H3,(H,28,34)(H2,26,27,32);(H,6,7)/t17-,18+,20+,22+,24+,39?;/m0./s1. The fraction of sp³-hybridized carbons (Fsp3) is 0.538. The second kappa shape index (κ2) is 16.5. The average Bonchev–Trinajstić information content (AvgIpc) is 3.19. The molecule has 2 aromatic rings. The molecule has 1 fully saturated rings. The maximum atomic E-state index is 13.9. The van der Waals surface area contributed by atoms with Gasteiger partial charge in [0.15, 0.2) is 6.23 Å². The number of esters is 1. The normalized spacial score (nSPS) is 23.0. The highest BCUT2D eigenvalue weighted by molar-refractivity contribution is 7.52. The maximum Gasteiger partial charge on any atom is 0.490 e. The van der Waals surface area contributed by atoms with Gasteiger partial charge in [0.2, 0.25) is 0 Å². The minimum Gasteiger partial charge on any atom is -0.475 e. The lowest BCUT2D eigenvalue weighted by molar-refractivity contribution is -0.192. The summed E-state index contributed by atoms with van der Waals surface area (Å²) in [7, 11) is -4.32. The van der Waals surface area contributed by atoms with Gasteiger partial charge in [-0.05, 0) is 50.6 Å². The SMILES string of the molecule is CCCC[C@H](NP(=O)(OC[C@H]1O[C@@H](n2ccc(N)nc2=O)[C@](C)(O)[C@@H]1O)Oc1ccc(Cl)cc1)C(=O)OCC.O=C(O)C(F)(F)F. The van der Waals surface area contributed by atoms with Crippen LogP contribution in [0.25, 0.3) is 0 Å². The lowest BCUT2D eigenvalue weighted by Crippen LogP contribution is -2.46. The van der Waals surface area contributed by atoms with Gasteiger partial charge in [0.25, 0.3) is 0 Å². The summed E-state index contributed by atoms with van der Waals surface area (Å²) in [6, 6.07) is 6.28. The number of aliphatic hydroxyl groups excluding tert-OH is 1. The molecule has 0 spiro atoms. The molecule has 1 aliphatic rings. The van der Waals surface area contributed by atoms with Gasteiger partial charge in [0.05, 0.1) is 13.2 Å². The van der Waals surface area contributed by atoms with Crippen molar-refractivity contribution in [2.45, 2.75) is 76.3 Å². The molecule has 20 heteroatoms. The van der Waals surface area contributed by atoms with E-state index in [1.165, 1.54) is 43.5 Å². The Balaban J connectivity index is 0.000000942. The third-order valence-corrected chi connectivity index (χ3v) is 8.10. The number of hydrogen-bond donors (Lipinski definition) is 5. The van der Waals surface area contributed by atoms with Crippen LogP contribution < -0.4 is 21.0 Å². The predicted octanol–water partition coefficient (Wildman–Crippen LogP) is 3.04. The number of nitrogens with zero attached hydrogens (tertiary/aromatic N) is 2. The first-order valence-corrected chi connectivity index (χ1v) is 15.6. The van der Waals surface area contributed by atoms with Gasteiger partial charge in [-0.15, -0.1) is 0 Å². The Morgan fingerprint density at radius 1 is 1.26 bits per heavy atom. The molecule has 0 amide bonds. The van der Waals surface area contributed by atoms with Crippen molar-refractivity contribution in [3.8, 4) is 5.75 Å². The summed E-state index contributed by atoms with van der Waals surface area (Å²) in [6.07, 6.45) is -6.32. The predicted molar refractivity (Wildman–Crippen MR) is 156 cm³/mol. The number of rotatable bonds is 13. The number of nitrogens with two attached hydrogens (primary N) is 1. The zero-order chi connectivity index (χ0) is 34.9. The molecule has 1 aromatic carbocycles. The third kappa shape index (κ3) is 10.9.